The average Bonchev–Trinajstić information content (AvgIpc) is 2.28. The van der Waals surface area contributed by atoms with Gasteiger partial charge in [0.2, 0.25) is 5.91 Å². The van der Waals surface area contributed by atoms with Crippen molar-refractivity contribution in [1.82, 2.24) is 0 Å². The first kappa shape index (κ1) is 11.5. The van der Waals surface area contributed by atoms with E-state index in [9.17, 15) is 17.6 Å². The first-order valence-corrected chi connectivity index (χ1v) is 7.36. The molecule has 1 atom stereocenters. The first-order chi connectivity index (χ1) is 8.46. The summed E-state index contributed by atoms with van der Waals surface area (Å²) in [5.41, 5.74) is 1.08. The molecule has 96 valence electrons. The quantitative estimate of drug-likeness (QED) is 0.740. The molecule has 5 nitrogen and oxygen atoms in total. The molecule has 18 heavy (non-hydrogen) atoms. The zero-order chi connectivity index (χ0) is 12.9. The molecule has 0 radical (unpaired) electrons. The Balaban J connectivity index is 2.06. The Bertz CT molecular complexity index is 629. The second kappa shape index (κ2) is 3.68. The van der Waals surface area contributed by atoms with Gasteiger partial charge in [-0.15, -0.1) is 0 Å². The van der Waals surface area contributed by atoms with Crippen LogP contribution >= 0.6 is 0 Å². The molecule has 1 aromatic carbocycles. The Morgan fingerprint density at radius 2 is 2.17 bits per heavy atom. The molecule has 0 aliphatic carbocycles. The van der Waals surface area contributed by atoms with Crippen molar-refractivity contribution in [3.63, 3.8) is 0 Å². The van der Waals surface area contributed by atoms with Crippen LogP contribution in [0.15, 0.2) is 18.2 Å². The van der Waals surface area contributed by atoms with Gasteiger partial charge in [0, 0.05) is 6.54 Å². The lowest BCUT2D eigenvalue weighted by Gasteiger charge is -2.40. The lowest BCUT2D eigenvalue weighted by molar-refractivity contribution is -0.117. The predicted molar refractivity (Wildman–Crippen MR) is 64.8 cm³/mol. The van der Waals surface area contributed by atoms with Gasteiger partial charge in [0.1, 0.15) is 11.9 Å². The number of hydrogen-bond donors (Lipinski definition) is 1. The fourth-order valence-corrected chi connectivity index (χ4v) is 3.84. The topological polar surface area (TPSA) is 66.5 Å². The number of amides is 1. The van der Waals surface area contributed by atoms with Crippen molar-refractivity contribution in [3.8, 4) is 0 Å². The largest absolute Gasteiger partial charge is 0.356 e. The number of nitrogens with one attached hydrogen (secondary N) is 1. The van der Waals surface area contributed by atoms with Gasteiger partial charge in [0.05, 0.1) is 22.9 Å². The molecule has 0 aromatic heterocycles. The Morgan fingerprint density at radius 1 is 1.39 bits per heavy atom. The van der Waals surface area contributed by atoms with Gasteiger partial charge < -0.3 is 10.2 Å². The fourth-order valence-electron chi connectivity index (χ4n) is 2.39. The molecule has 1 fully saturated rings. The molecule has 2 aliphatic rings. The van der Waals surface area contributed by atoms with E-state index in [1.165, 1.54) is 12.1 Å². The summed E-state index contributed by atoms with van der Waals surface area (Å²) in [5, 5.41) is 2.55. The van der Waals surface area contributed by atoms with Crippen molar-refractivity contribution in [3.05, 3.63) is 24.0 Å². The number of carbonyl (C=O) groups excluding carboxylic acids is 1. The normalized spacial score (nSPS) is 25.1. The number of anilines is 2. The number of nitrogens with zero attached hydrogens (tertiary/aromatic N) is 1. The van der Waals surface area contributed by atoms with Gasteiger partial charge in [-0.25, -0.2) is 12.8 Å². The Labute approximate surface area is 104 Å². The van der Waals surface area contributed by atoms with Crippen molar-refractivity contribution < 1.29 is 17.6 Å². The summed E-state index contributed by atoms with van der Waals surface area (Å²) < 4.78 is 36.2. The Morgan fingerprint density at radius 3 is 2.94 bits per heavy atom. The molecule has 2 aliphatic heterocycles. The van der Waals surface area contributed by atoms with Crippen LogP contribution in [0.5, 0.6) is 0 Å². The van der Waals surface area contributed by atoms with E-state index in [1.807, 2.05) is 0 Å². The first-order valence-electron chi connectivity index (χ1n) is 5.54. The minimum Gasteiger partial charge on any atom is -0.356 e. The number of halogens is 1. The van der Waals surface area contributed by atoms with Crippen LogP contribution < -0.4 is 10.2 Å². The minimum atomic E-state index is -3.17. The highest BCUT2D eigenvalue weighted by Gasteiger charge is 2.40. The third-order valence-electron chi connectivity index (χ3n) is 3.26. The highest BCUT2D eigenvalue weighted by atomic mass is 32.2. The molecule has 7 heteroatoms. The van der Waals surface area contributed by atoms with Crippen LogP contribution in [-0.4, -0.2) is 38.4 Å². The van der Waals surface area contributed by atoms with Crippen LogP contribution in [0, 0.1) is 5.82 Å². The molecule has 0 bridgehead atoms. The van der Waals surface area contributed by atoms with Gasteiger partial charge in [-0.3, -0.25) is 4.79 Å². The van der Waals surface area contributed by atoms with Crippen LogP contribution in [-0.2, 0) is 14.6 Å². The zero-order valence-corrected chi connectivity index (χ0v) is 10.2. The maximum Gasteiger partial charge on any atom is 0.248 e. The summed E-state index contributed by atoms with van der Waals surface area (Å²) in [6, 6.07) is 3.40. The molecule has 0 saturated carbocycles. The second-order valence-corrected chi connectivity index (χ2v) is 6.70. The van der Waals surface area contributed by atoms with Crippen molar-refractivity contribution in [2.45, 2.75) is 6.04 Å². The smallest absolute Gasteiger partial charge is 0.248 e. The molecule has 0 spiro atoms. The number of carbonyl (C=O) groups is 1. The van der Waals surface area contributed by atoms with Gasteiger partial charge in [-0.1, -0.05) is 0 Å². The predicted octanol–water partition coefficient (Wildman–Crippen LogP) is 0.381. The van der Waals surface area contributed by atoms with Crippen LogP contribution in [0.3, 0.4) is 0 Å². The highest BCUT2D eigenvalue weighted by molar-refractivity contribution is 7.91. The van der Waals surface area contributed by atoms with Gasteiger partial charge in [-0.05, 0) is 18.2 Å². The summed E-state index contributed by atoms with van der Waals surface area (Å²) in [6.45, 7) is 0.263. The molecule has 1 amide bonds. The molecule has 2 heterocycles. The minimum absolute atomic E-state index is 0.0214. The van der Waals surface area contributed by atoms with Gasteiger partial charge in [0.25, 0.3) is 0 Å². The summed E-state index contributed by atoms with van der Waals surface area (Å²) >= 11 is 0. The van der Waals surface area contributed by atoms with Crippen molar-refractivity contribution in [2.24, 2.45) is 0 Å². The molecular formula is C11H11FN2O3S. The number of benzene rings is 1. The fraction of sp³-hybridized carbons (Fsp3) is 0.364. The molecule has 3 rings (SSSR count). The maximum atomic E-state index is 13.1. The van der Waals surface area contributed by atoms with E-state index >= 15 is 0 Å². The number of sulfone groups is 1. The summed E-state index contributed by atoms with van der Waals surface area (Å²) in [6.07, 6.45) is 0. The Hall–Kier alpha value is -1.63. The molecule has 1 unspecified atom stereocenters. The van der Waals surface area contributed by atoms with Crippen molar-refractivity contribution >= 4 is 27.1 Å². The van der Waals surface area contributed by atoms with Crippen LogP contribution in [0.25, 0.3) is 0 Å². The average molecular weight is 270 g/mol. The lowest BCUT2D eigenvalue weighted by Crippen LogP contribution is -2.56. The Kier molecular flexibility index (Phi) is 2.34. The van der Waals surface area contributed by atoms with Crippen molar-refractivity contribution in [2.75, 3.05) is 28.3 Å². The van der Waals surface area contributed by atoms with Crippen molar-refractivity contribution in [1.29, 1.82) is 0 Å². The molecule has 1 aromatic rings. The summed E-state index contributed by atoms with van der Waals surface area (Å²) in [7, 11) is -3.17. The zero-order valence-electron chi connectivity index (χ0n) is 9.39. The van der Waals surface area contributed by atoms with Gasteiger partial charge >= 0.3 is 0 Å². The molecular weight excluding hydrogens is 259 g/mol. The van der Waals surface area contributed by atoms with E-state index < -0.39 is 27.6 Å². The van der Waals surface area contributed by atoms with E-state index in [2.05, 4.69) is 5.32 Å². The number of fused-ring (bicyclic) bond motifs is 3. The van der Waals surface area contributed by atoms with Crippen LogP contribution in [0.2, 0.25) is 0 Å². The van der Waals surface area contributed by atoms with E-state index in [0.717, 1.165) is 0 Å². The number of rotatable bonds is 0. The third kappa shape index (κ3) is 1.74. The maximum absolute atomic E-state index is 13.1. The number of hydrogen-bond acceptors (Lipinski definition) is 4. The van der Waals surface area contributed by atoms with E-state index in [4.69, 9.17) is 0 Å². The SMILES string of the molecule is O=C1Nc2cc(F)ccc2N2CCS(=O)(=O)CC12. The highest BCUT2D eigenvalue weighted by Crippen LogP contribution is 2.34. The van der Waals surface area contributed by atoms with E-state index in [1.54, 1.807) is 11.0 Å². The molecule has 1 saturated heterocycles. The van der Waals surface area contributed by atoms with Crippen LogP contribution in [0.4, 0.5) is 15.8 Å². The summed E-state index contributed by atoms with van der Waals surface area (Å²) in [5.74, 6) is -0.989. The summed E-state index contributed by atoms with van der Waals surface area (Å²) in [4.78, 5) is 13.6. The van der Waals surface area contributed by atoms with Crippen LogP contribution in [0.1, 0.15) is 0 Å². The monoisotopic (exact) mass is 270 g/mol. The molecule has 1 N–H and O–H groups in total. The van der Waals surface area contributed by atoms with E-state index in [0.29, 0.717) is 11.4 Å². The third-order valence-corrected chi connectivity index (χ3v) is 4.89. The standard InChI is InChI=1S/C11H11FN2O3S/c12-7-1-2-9-8(5-7)13-11(15)10-6-18(16,17)4-3-14(9)10/h1-2,5,10H,3-4,6H2,(H,13,15). The van der Waals surface area contributed by atoms with E-state index in [-0.39, 0.29) is 18.1 Å². The second-order valence-electron chi connectivity index (χ2n) is 4.47. The van der Waals surface area contributed by atoms with Gasteiger partial charge in [0.15, 0.2) is 9.84 Å². The van der Waals surface area contributed by atoms with Gasteiger partial charge in [-0.2, -0.15) is 0 Å². The lowest BCUT2D eigenvalue weighted by atomic mass is 10.1.